The van der Waals surface area contributed by atoms with Crippen LogP contribution in [0, 0.1) is 5.92 Å². The fourth-order valence-electron chi connectivity index (χ4n) is 2.18. The molecule has 1 aliphatic carbocycles. The molecule has 7 nitrogen and oxygen atoms in total. The minimum absolute atomic E-state index is 0.0350. The predicted molar refractivity (Wildman–Crippen MR) is 76.3 cm³/mol. The number of amides is 1. The molecule has 1 aliphatic rings. The van der Waals surface area contributed by atoms with Gasteiger partial charge in [-0.15, -0.1) is 11.6 Å². The van der Waals surface area contributed by atoms with E-state index in [-0.39, 0.29) is 17.9 Å². The van der Waals surface area contributed by atoms with Crippen molar-refractivity contribution in [1.29, 1.82) is 0 Å². The zero-order valence-corrected chi connectivity index (χ0v) is 12.8. The van der Waals surface area contributed by atoms with Gasteiger partial charge >= 0.3 is 5.97 Å². The molecule has 1 fully saturated rings. The minimum atomic E-state index is -1.46. The van der Waals surface area contributed by atoms with Gasteiger partial charge in [0.15, 0.2) is 0 Å². The second-order valence-corrected chi connectivity index (χ2v) is 5.38. The highest BCUT2D eigenvalue weighted by Crippen LogP contribution is 2.27. The Morgan fingerprint density at radius 1 is 1.24 bits per heavy atom. The monoisotopic (exact) mass is 318 g/mol. The smallest absolute Gasteiger partial charge is 0.361 e. The van der Waals surface area contributed by atoms with E-state index in [1.165, 1.54) is 0 Å². The fraction of sp³-hybridized carbons (Fsp3) is 0.692. The van der Waals surface area contributed by atoms with Crippen molar-refractivity contribution < 1.29 is 24.3 Å². The Hall–Kier alpha value is -1.63. The van der Waals surface area contributed by atoms with Crippen LogP contribution in [0.25, 0.3) is 0 Å². The van der Waals surface area contributed by atoms with Gasteiger partial charge in [-0.25, -0.2) is 4.79 Å². The summed E-state index contributed by atoms with van der Waals surface area (Å²) in [5.74, 6) is -2.66. The van der Waals surface area contributed by atoms with Crippen molar-refractivity contribution in [2.75, 3.05) is 20.0 Å². The van der Waals surface area contributed by atoms with E-state index in [0.717, 1.165) is 0 Å². The first-order chi connectivity index (χ1) is 9.86. The summed E-state index contributed by atoms with van der Waals surface area (Å²) in [7, 11) is 3.43. The lowest BCUT2D eigenvalue weighted by atomic mass is 9.86. The number of carbonyl (C=O) groups is 3. The summed E-state index contributed by atoms with van der Waals surface area (Å²) in [6, 6.07) is 0. The van der Waals surface area contributed by atoms with Crippen LogP contribution in [-0.2, 0) is 19.2 Å². The molecule has 0 aromatic carbocycles. The zero-order valence-electron chi connectivity index (χ0n) is 12.0. The summed E-state index contributed by atoms with van der Waals surface area (Å²) in [4.78, 5) is 40.6. The van der Waals surface area contributed by atoms with Gasteiger partial charge in [-0.1, -0.05) is 5.16 Å². The molecule has 1 N–H and O–H groups in total. The molecule has 0 spiro atoms. The minimum Gasteiger partial charge on any atom is -0.476 e. The lowest BCUT2D eigenvalue weighted by Gasteiger charge is -2.28. The highest BCUT2D eigenvalue weighted by molar-refractivity contribution is 6.67. The van der Waals surface area contributed by atoms with Gasteiger partial charge in [0, 0.05) is 20.0 Å². The molecule has 1 saturated carbocycles. The maximum atomic E-state index is 11.8. The Morgan fingerprint density at radius 3 is 2.24 bits per heavy atom. The van der Waals surface area contributed by atoms with Crippen LogP contribution in [0.4, 0.5) is 0 Å². The number of oxime groups is 1. The number of ketones is 1. The molecule has 0 aliphatic heterocycles. The van der Waals surface area contributed by atoms with E-state index in [1.54, 1.807) is 19.0 Å². The van der Waals surface area contributed by atoms with E-state index < -0.39 is 23.3 Å². The summed E-state index contributed by atoms with van der Waals surface area (Å²) in [5.41, 5.74) is -0.698. The van der Waals surface area contributed by atoms with Gasteiger partial charge in [0.25, 0.3) is 0 Å². The van der Waals surface area contributed by atoms with Gasteiger partial charge < -0.3 is 14.8 Å². The molecule has 118 valence electrons. The van der Waals surface area contributed by atoms with Crippen molar-refractivity contribution in [2.45, 2.75) is 31.8 Å². The molecule has 0 aromatic heterocycles. The number of alkyl halides is 1. The number of halogens is 1. The number of hydrogen-bond acceptors (Lipinski definition) is 5. The van der Waals surface area contributed by atoms with Crippen LogP contribution in [-0.4, -0.2) is 59.5 Å². The van der Waals surface area contributed by atoms with Crippen LogP contribution in [0.3, 0.4) is 0 Å². The van der Waals surface area contributed by atoms with Crippen LogP contribution in [0.5, 0.6) is 0 Å². The van der Waals surface area contributed by atoms with E-state index in [4.69, 9.17) is 21.5 Å². The van der Waals surface area contributed by atoms with E-state index >= 15 is 0 Å². The molecular formula is C13H19ClN2O5. The van der Waals surface area contributed by atoms with E-state index in [2.05, 4.69) is 5.16 Å². The molecular weight excluding hydrogens is 300 g/mol. The molecule has 0 saturated heterocycles. The number of carbonyl (C=O) groups excluding carboxylic acids is 2. The topological polar surface area (TPSA) is 96.3 Å². The quantitative estimate of drug-likeness (QED) is 0.340. The second kappa shape index (κ2) is 7.97. The lowest BCUT2D eigenvalue weighted by Crippen LogP contribution is -2.34. The average Bonchev–Trinajstić information content (AvgIpc) is 2.46. The predicted octanol–water partition coefficient (Wildman–Crippen LogP) is 0.898. The summed E-state index contributed by atoms with van der Waals surface area (Å²) >= 11 is 5.30. The number of Topliss-reactive ketones (excluding diaryl/α,β-unsaturated/α-hetero) is 1. The maximum absolute atomic E-state index is 11.8. The molecule has 8 heteroatoms. The molecule has 0 heterocycles. The van der Waals surface area contributed by atoms with Gasteiger partial charge in [0.2, 0.25) is 17.4 Å². The maximum Gasteiger partial charge on any atom is 0.361 e. The van der Waals surface area contributed by atoms with Crippen molar-refractivity contribution in [3.8, 4) is 0 Å². The fourth-order valence-corrected chi connectivity index (χ4v) is 2.31. The van der Waals surface area contributed by atoms with Crippen LogP contribution < -0.4 is 0 Å². The molecule has 1 amide bonds. The molecule has 0 radical (unpaired) electrons. The van der Waals surface area contributed by atoms with E-state index in [9.17, 15) is 14.4 Å². The third kappa shape index (κ3) is 5.00. The van der Waals surface area contributed by atoms with Gasteiger partial charge in [-0.3, -0.25) is 9.59 Å². The number of aliphatic carboxylic acids is 1. The lowest BCUT2D eigenvalue weighted by molar-refractivity contribution is -0.135. The van der Waals surface area contributed by atoms with Gasteiger partial charge in [0.1, 0.15) is 6.10 Å². The Bertz CT molecular complexity index is 442. The van der Waals surface area contributed by atoms with Crippen LogP contribution in [0.15, 0.2) is 5.16 Å². The highest BCUT2D eigenvalue weighted by Gasteiger charge is 2.29. The van der Waals surface area contributed by atoms with Crippen molar-refractivity contribution in [3.63, 3.8) is 0 Å². The standard InChI is InChI=1S/C13H19ClN2O5/c1-16(2)12(18)8-3-5-9(6-4-8)21-15-11(13(19)20)10(17)7-14/h8-9H,3-7H2,1-2H3,(H,19,20)/b15-11+. The first-order valence-corrected chi connectivity index (χ1v) is 7.17. The van der Waals surface area contributed by atoms with E-state index in [1.807, 2.05) is 0 Å². The van der Waals surface area contributed by atoms with Gasteiger partial charge in [0.05, 0.1) is 5.88 Å². The zero-order chi connectivity index (χ0) is 16.0. The summed E-state index contributed by atoms with van der Waals surface area (Å²) < 4.78 is 0. The summed E-state index contributed by atoms with van der Waals surface area (Å²) in [6.07, 6.45) is 2.21. The highest BCUT2D eigenvalue weighted by atomic mass is 35.5. The molecule has 0 unspecified atom stereocenters. The first-order valence-electron chi connectivity index (χ1n) is 6.64. The van der Waals surface area contributed by atoms with Crippen LogP contribution in [0.1, 0.15) is 25.7 Å². The summed E-state index contributed by atoms with van der Waals surface area (Å²) in [6.45, 7) is 0. The molecule has 21 heavy (non-hydrogen) atoms. The van der Waals surface area contributed by atoms with Crippen molar-refractivity contribution >= 4 is 35.0 Å². The van der Waals surface area contributed by atoms with Crippen molar-refractivity contribution in [2.24, 2.45) is 11.1 Å². The third-order valence-electron chi connectivity index (χ3n) is 3.35. The Labute approximate surface area is 127 Å². The van der Waals surface area contributed by atoms with Gasteiger partial charge in [-0.05, 0) is 25.7 Å². The normalized spacial score (nSPS) is 22.5. The molecule has 1 rings (SSSR count). The molecule has 0 bridgehead atoms. The van der Waals surface area contributed by atoms with Crippen LogP contribution >= 0.6 is 11.6 Å². The average molecular weight is 319 g/mol. The summed E-state index contributed by atoms with van der Waals surface area (Å²) in [5, 5.41) is 12.3. The third-order valence-corrected chi connectivity index (χ3v) is 3.59. The van der Waals surface area contributed by atoms with Gasteiger partial charge in [-0.2, -0.15) is 0 Å². The van der Waals surface area contributed by atoms with E-state index in [0.29, 0.717) is 25.7 Å². The SMILES string of the molecule is CN(C)C(=O)C1CCC(O/N=C(/C(=O)O)C(=O)CCl)CC1. The second-order valence-electron chi connectivity index (χ2n) is 5.11. The molecule has 0 aromatic rings. The first kappa shape index (κ1) is 17.4. The number of carboxylic acid groups (broad SMARTS) is 1. The van der Waals surface area contributed by atoms with Crippen LogP contribution in [0.2, 0.25) is 0 Å². The Morgan fingerprint density at radius 2 is 1.81 bits per heavy atom. The van der Waals surface area contributed by atoms with Crippen molar-refractivity contribution in [1.82, 2.24) is 4.90 Å². The molecule has 0 atom stereocenters. The Balaban J connectivity index is 2.54. The number of carboxylic acids is 1. The Kier molecular flexibility index (Phi) is 6.61. The van der Waals surface area contributed by atoms with Crippen molar-refractivity contribution in [3.05, 3.63) is 0 Å². The number of rotatable bonds is 6. The number of nitrogens with zero attached hydrogens (tertiary/aromatic N) is 2. The largest absolute Gasteiger partial charge is 0.476 e. The number of hydrogen-bond donors (Lipinski definition) is 1.